The molecule has 1 aliphatic rings. The Morgan fingerprint density at radius 1 is 1.29 bits per heavy atom. The molecule has 122 valence electrons. The summed E-state index contributed by atoms with van der Waals surface area (Å²) in [6.45, 7) is 1.64. The second kappa shape index (κ2) is 6.32. The van der Waals surface area contributed by atoms with Crippen LogP contribution in [0.4, 0.5) is 0 Å². The molecule has 3 atom stereocenters. The monoisotopic (exact) mass is 323 g/mol. The molecule has 1 saturated carbocycles. The van der Waals surface area contributed by atoms with Crippen molar-refractivity contribution in [3.8, 4) is 11.8 Å². The molecule has 0 saturated heterocycles. The van der Waals surface area contributed by atoms with E-state index < -0.39 is 11.7 Å². The number of Topliss-reactive ketones (excluding diaryl/α,β-unsaturated/α-hetero) is 2. The molecular weight excluding hydrogens is 306 g/mol. The molecule has 3 unspecified atom stereocenters. The van der Waals surface area contributed by atoms with E-state index in [4.69, 9.17) is 9.15 Å². The minimum Gasteiger partial charge on any atom is -0.497 e. The van der Waals surface area contributed by atoms with Gasteiger partial charge in [0.1, 0.15) is 11.5 Å². The van der Waals surface area contributed by atoms with E-state index in [0.29, 0.717) is 17.7 Å². The van der Waals surface area contributed by atoms with Gasteiger partial charge < -0.3 is 9.15 Å². The van der Waals surface area contributed by atoms with Crippen molar-refractivity contribution < 1.29 is 18.7 Å². The van der Waals surface area contributed by atoms with Crippen molar-refractivity contribution >= 4 is 11.6 Å². The predicted molar refractivity (Wildman–Crippen MR) is 85.7 cm³/mol. The lowest BCUT2D eigenvalue weighted by Crippen LogP contribution is -2.24. The van der Waals surface area contributed by atoms with Crippen LogP contribution in [0.1, 0.15) is 34.0 Å². The number of carbonyl (C=O) groups excluding carboxylic acids is 2. The Labute approximate surface area is 139 Å². The maximum absolute atomic E-state index is 12.6. The standard InChI is InChI=1S/C19H17NO4/c1-11-14(7-8-24-11)18(21)17(10-20)19(22)16-9-15(16)12-3-5-13(23-2)6-4-12/h3-8,15-17H,9H2,1-2H3. The number of rotatable bonds is 6. The van der Waals surface area contributed by atoms with E-state index in [1.165, 1.54) is 12.3 Å². The Morgan fingerprint density at radius 2 is 2.00 bits per heavy atom. The normalized spacial score (nSPS) is 20.0. The molecular formula is C19H17NO4. The highest BCUT2D eigenvalue weighted by Gasteiger charge is 2.48. The highest BCUT2D eigenvalue weighted by atomic mass is 16.5. The Morgan fingerprint density at radius 3 is 2.54 bits per heavy atom. The van der Waals surface area contributed by atoms with Gasteiger partial charge in [-0.2, -0.15) is 5.26 Å². The van der Waals surface area contributed by atoms with Crippen LogP contribution in [0.15, 0.2) is 41.0 Å². The zero-order valence-corrected chi connectivity index (χ0v) is 13.5. The molecule has 1 aromatic heterocycles. The van der Waals surface area contributed by atoms with E-state index in [2.05, 4.69) is 0 Å². The quantitative estimate of drug-likeness (QED) is 0.602. The number of nitrogens with zero attached hydrogens (tertiary/aromatic N) is 1. The van der Waals surface area contributed by atoms with Crippen molar-refractivity contribution in [2.24, 2.45) is 11.8 Å². The zero-order chi connectivity index (χ0) is 17.3. The predicted octanol–water partition coefficient (Wildman–Crippen LogP) is 3.29. The fraction of sp³-hybridized carbons (Fsp3) is 0.316. The van der Waals surface area contributed by atoms with Gasteiger partial charge in [0.25, 0.3) is 0 Å². The summed E-state index contributed by atoms with van der Waals surface area (Å²) in [4.78, 5) is 25.0. The number of benzene rings is 1. The molecule has 1 heterocycles. The van der Waals surface area contributed by atoms with E-state index in [9.17, 15) is 14.9 Å². The van der Waals surface area contributed by atoms with Gasteiger partial charge in [-0.25, -0.2) is 0 Å². The number of hydrogen-bond donors (Lipinski definition) is 0. The molecule has 0 aliphatic heterocycles. The topological polar surface area (TPSA) is 80.3 Å². The van der Waals surface area contributed by atoms with E-state index in [1.54, 1.807) is 14.0 Å². The lowest BCUT2D eigenvalue weighted by molar-refractivity contribution is -0.121. The third-order valence-electron chi connectivity index (χ3n) is 4.50. The van der Waals surface area contributed by atoms with Crippen LogP contribution in [0.3, 0.4) is 0 Å². The third-order valence-corrected chi connectivity index (χ3v) is 4.50. The molecule has 24 heavy (non-hydrogen) atoms. The molecule has 0 N–H and O–H groups in total. The number of carbonyl (C=O) groups is 2. The molecule has 5 nitrogen and oxygen atoms in total. The molecule has 3 rings (SSSR count). The van der Waals surface area contributed by atoms with Gasteiger partial charge in [-0.15, -0.1) is 0 Å². The first-order valence-corrected chi connectivity index (χ1v) is 7.72. The van der Waals surface area contributed by atoms with Crippen molar-refractivity contribution in [3.05, 3.63) is 53.5 Å². The van der Waals surface area contributed by atoms with Crippen LogP contribution in [0, 0.1) is 30.1 Å². The second-order valence-electron chi connectivity index (χ2n) is 5.94. The van der Waals surface area contributed by atoms with Crippen molar-refractivity contribution in [1.82, 2.24) is 0 Å². The molecule has 2 aromatic rings. The molecule has 1 aliphatic carbocycles. The van der Waals surface area contributed by atoms with Crippen LogP contribution >= 0.6 is 0 Å². The fourth-order valence-corrected chi connectivity index (χ4v) is 2.99. The molecule has 1 fully saturated rings. The third kappa shape index (κ3) is 2.83. The number of hydrogen-bond acceptors (Lipinski definition) is 5. The average Bonchev–Trinajstić information content (AvgIpc) is 3.29. The van der Waals surface area contributed by atoms with Gasteiger partial charge in [0.15, 0.2) is 17.5 Å². The van der Waals surface area contributed by atoms with Crippen LogP contribution < -0.4 is 4.74 Å². The maximum Gasteiger partial charge on any atom is 0.191 e. The summed E-state index contributed by atoms with van der Waals surface area (Å²) < 4.78 is 10.2. The molecule has 0 amide bonds. The van der Waals surface area contributed by atoms with E-state index in [-0.39, 0.29) is 17.6 Å². The Kier molecular flexibility index (Phi) is 4.22. The summed E-state index contributed by atoms with van der Waals surface area (Å²) >= 11 is 0. The molecule has 0 spiro atoms. The van der Waals surface area contributed by atoms with Crippen LogP contribution in [0.25, 0.3) is 0 Å². The van der Waals surface area contributed by atoms with Crippen LogP contribution in [0.2, 0.25) is 0 Å². The Balaban J connectivity index is 1.73. The van der Waals surface area contributed by atoms with Gasteiger partial charge in [0.05, 0.1) is 25.0 Å². The fourth-order valence-electron chi connectivity index (χ4n) is 2.99. The van der Waals surface area contributed by atoms with Gasteiger partial charge in [0, 0.05) is 5.92 Å². The van der Waals surface area contributed by atoms with Crippen molar-refractivity contribution in [2.75, 3.05) is 7.11 Å². The van der Waals surface area contributed by atoms with Crippen LogP contribution in [-0.4, -0.2) is 18.7 Å². The summed E-state index contributed by atoms with van der Waals surface area (Å²) in [6.07, 6.45) is 2.06. The van der Waals surface area contributed by atoms with Crippen LogP contribution in [-0.2, 0) is 4.79 Å². The number of methoxy groups -OCH3 is 1. The summed E-state index contributed by atoms with van der Waals surface area (Å²) in [5.41, 5.74) is 1.33. The van der Waals surface area contributed by atoms with Crippen LogP contribution in [0.5, 0.6) is 5.75 Å². The van der Waals surface area contributed by atoms with Gasteiger partial charge >= 0.3 is 0 Å². The zero-order valence-electron chi connectivity index (χ0n) is 13.5. The van der Waals surface area contributed by atoms with Gasteiger partial charge in [-0.05, 0) is 43.0 Å². The lowest BCUT2D eigenvalue weighted by atomic mass is 9.91. The van der Waals surface area contributed by atoms with Gasteiger partial charge in [-0.3, -0.25) is 9.59 Å². The molecule has 1 aromatic carbocycles. The summed E-state index contributed by atoms with van der Waals surface area (Å²) in [5, 5.41) is 9.32. The van der Waals surface area contributed by atoms with E-state index in [1.807, 2.05) is 30.3 Å². The second-order valence-corrected chi connectivity index (χ2v) is 5.94. The smallest absolute Gasteiger partial charge is 0.191 e. The summed E-state index contributed by atoms with van der Waals surface area (Å²) in [6, 6.07) is 10.9. The number of furan rings is 1. The van der Waals surface area contributed by atoms with Gasteiger partial charge in [0.2, 0.25) is 0 Å². The SMILES string of the molecule is COc1ccc(C2CC2C(=O)C(C#N)C(=O)c2ccoc2C)cc1. The number of ketones is 2. The maximum atomic E-state index is 12.6. The largest absolute Gasteiger partial charge is 0.497 e. The highest BCUT2D eigenvalue weighted by Crippen LogP contribution is 2.49. The van der Waals surface area contributed by atoms with E-state index >= 15 is 0 Å². The molecule has 0 radical (unpaired) electrons. The number of ether oxygens (including phenoxy) is 1. The average molecular weight is 323 g/mol. The minimum atomic E-state index is -1.27. The lowest BCUT2D eigenvalue weighted by Gasteiger charge is -2.07. The van der Waals surface area contributed by atoms with E-state index in [0.717, 1.165) is 11.3 Å². The summed E-state index contributed by atoms with van der Waals surface area (Å²) in [5.74, 6) is -1.08. The first-order chi connectivity index (χ1) is 11.6. The number of aryl methyl sites for hydroxylation is 1. The minimum absolute atomic E-state index is 0.0671. The molecule has 5 heteroatoms. The van der Waals surface area contributed by atoms with Crippen molar-refractivity contribution in [3.63, 3.8) is 0 Å². The highest BCUT2D eigenvalue weighted by molar-refractivity contribution is 6.14. The van der Waals surface area contributed by atoms with Crippen molar-refractivity contribution in [1.29, 1.82) is 5.26 Å². The first-order valence-electron chi connectivity index (χ1n) is 7.72. The first kappa shape index (κ1) is 16.0. The Hall–Kier alpha value is -2.87. The molecule has 0 bridgehead atoms. The van der Waals surface area contributed by atoms with Gasteiger partial charge in [-0.1, -0.05) is 12.1 Å². The van der Waals surface area contributed by atoms with Crippen molar-refractivity contribution in [2.45, 2.75) is 19.3 Å². The Bertz CT molecular complexity index is 813. The summed E-state index contributed by atoms with van der Waals surface area (Å²) in [7, 11) is 1.60. The number of nitriles is 1.